The Morgan fingerprint density at radius 1 is 1.08 bits per heavy atom. The molecule has 26 heavy (non-hydrogen) atoms. The van der Waals surface area contributed by atoms with Crippen LogP contribution in [0, 0.1) is 5.92 Å². The fourth-order valence-electron chi connectivity index (χ4n) is 4.06. The van der Waals surface area contributed by atoms with Crippen molar-refractivity contribution in [2.45, 2.75) is 52.0 Å². The van der Waals surface area contributed by atoms with Crippen molar-refractivity contribution in [1.82, 2.24) is 20.0 Å². The van der Waals surface area contributed by atoms with Crippen molar-refractivity contribution in [2.24, 2.45) is 5.92 Å². The zero-order valence-electron chi connectivity index (χ0n) is 15.7. The van der Waals surface area contributed by atoms with E-state index in [9.17, 15) is 0 Å². The molecule has 0 bridgehead atoms. The van der Waals surface area contributed by atoms with Gasteiger partial charge in [-0.2, -0.15) is 4.98 Å². The smallest absolute Gasteiger partial charge is 0.241 e. The Morgan fingerprint density at radius 3 is 2.65 bits per heavy atom. The molecule has 4 heterocycles. The van der Waals surface area contributed by atoms with Gasteiger partial charge in [-0.3, -0.25) is 4.90 Å². The number of anilines is 1. The Bertz CT molecular complexity index is 690. The van der Waals surface area contributed by atoms with E-state index in [2.05, 4.69) is 44.0 Å². The number of piperidine rings is 1. The van der Waals surface area contributed by atoms with E-state index < -0.39 is 0 Å². The second-order valence-corrected chi connectivity index (χ2v) is 7.80. The van der Waals surface area contributed by atoms with Crippen LogP contribution in [0.15, 0.2) is 22.9 Å². The summed E-state index contributed by atoms with van der Waals surface area (Å²) < 4.78 is 5.48. The van der Waals surface area contributed by atoms with E-state index in [1.165, 1.54) is 38.5 Å². The van der Waals surface area contributed by atoms with Crippen LogP contribution >= 0.6 is 0 Å². The number of pyridine rings is 1. The number of hydrogen-bond donors (Lipinski definition) is 0. The van der Waals surface area contributed by atoms with Crippen molar-refractivity contribution in [1.29, 1.82) is 0 Å². The van der Waals surface area contributed by atoms with Crippen molar-refractivity contribution in [2.75, 3.05) is 31.1 Å². The summed E-state index contributed by atoms with van der Waals surface area (Å²) in [4.78, 5) is 14.0. The number of hydrogen-bond acceptors (Lipinski definition) is 6. The van der Waals surface area contributed by atoms with Crippen molar-refractivity contribution in [3.8, 4) is 11.4 Å². The molecule has 6 nitrogen and oxygen atoms in total. The second kappa shape index (κ2) is 8.16. The Labute approximate surface area is 155 Å². The topological polar surface area (TPSA) is 58.3 Å². The van der Waals surface area contributed by atoms with Gasteiger partial charge in [0.05, 0.1) is 6.54 Å². The van der Waals surface area contributed by atoms with E-state index in [1.54, 1.807) is 0 Å². The minimum atomic E-state index is 0.639. The van der Waals surface area contributed by atoms with Crippen LogP contribution in [0.3, 0.4) is 0 Å². The van der Waals surface area contributed by atoms with Gasteiger partial charge in [-0.25, -0.2) is 4.98 Å². The van der Waals surface area contributed by atoms with Crippen molar-refractivity contribution in [3.05, 3.63) is 24.2 Å². The van der Waals surface area contributed by atoms with Crippen LogP contribution in [0.25, 0.3) is 11.4 Å². The molecule has 0 amide bonds. The van der Waals surface area contributed by atoms with Crippen molar-refractivity contribution < 1.29 is 4.52 Å². The van der Waals surface area contributed by atoms with Gasteiger partial charge in [0.1, 0.15) is 5.82 Å². The predicted molar refractivity (Wildman–Crippen MR) is 102 cm³/mol. The highest BCUT2D eigenvalue weighted by molar-refractivity contribution is 5.55. The summed E-state index contributed by atoms with van der Waals surface area (Å²) in [6.45, 7) is 7.50. The molecule has 4 rings (SSSR count). The molecule has 0 spiro atoms. The summed E-state index contributed by atoms with van der Waals surface area (Å²) in [5, 5.41) is 4.16. The zero-order chi connectivity index (χ0) is 17.8. The lowest BCUT2D eigenvalue weighted by atomic mass is 10.0. The summed E-state index contributed by atoms with van der Waals surface area (Å²) in [5.74, 6) is 3.15. The first-order chi connectivity index (χ1) is 12.8. The molecule has 0 radical (unpaired) electrons. The van der Waals surface area contributed by atoms with E-state index >= 15 is 0 Å². The largest absolute Gasteiger partial charge is 0.357 e. The van der Waals surface area contributed by atoms with Gasteiger partial charge < -0.3 is 9.42 Å². The van der Waals surface area contributed by atoms with Crippen LogP contribution in [0.5, 0.6) is 0 Å². The number of likely N-dealkylation sites (tertiary alicyclic amines) is 1. The molecule has 0 saturated carbocycles. The molecule has 2 aromatic rings. The standard InChI is InChI=1S/C20H29N5O/c1-16-7-6-10-24(14-16)15-19-22-20(23-26-19)17-8-9-18(21-13-17)25-11-4-2-3-5-12-25/h8-9,13,16H,2-7,10-12,14-15H2,1H3/t16-/m1/s1. The molecule has 2 aliphatic heterocycles. The Morgan fingerprint density at radius 2 is 1.92 bits per heavy atom. The van der Waals surface area contributed by atoms with Crippen LogP contribution in [0.2, 0.25) is 0 Å². The van der Waals surface area contributed by atoms with Crippen molar-refractivity contribution in [3.63, 3.8) is 0 Å². The third kappa shape index (κ3) is 4.23. The lowest BCUT2D eigenvalue weighted by Crippen LogP contribution is -2.33. The fourth-order valence-corrected chi connectivity index (χ4v) is 4.06. The van der Waals surface area contributed by atoms with E-state index in [0.29, 0.717) is 11.7 Å². The third-order valence-corrected chi connectivity index (χ3v) is 5.50. The normalized spacial score (nSPS) is 22.3. The van der Waals surface area contributed by atoms with Crippen LogP contribution in [-0.4, -0.2) is 46.2 Å². The maximum absolute atomic E-state index is 5.48. The van der Waals surface area contributed by atoms with Crippen LogP contribution < -0.4 is 4.90 Å². The van der Waals surface area contributed by atoms with Gasteiger partial charge in [-0.1, -0.05) is 24.9 Å². The van der Waals surface area contributed by atoms with Gasteiger partial charge in [0.2, 0.25) is 11.7 Å². The number of aromatic nitrogens is 3. The predicted octanol–water partition coefficient (Wildman–Crippen LogP) is 3.74. The van der Waals surface area contributed by atoms with Crippen LogP contribution in [0.4, 0.5) is 5.82 Å². The van der Waals surface area contributed by atoms with Crippen LogP contribution in [0.1, 0.15) is 51.3 Å². The monoisotopic (exact) mass is 355 g/mol. The van der Waals surface area contributed by atoms with E-state index in [4.69, 9.17) is 4.52 Å². The maximum atomic E-state index is 5.48. The average molecular weight is 355 g/mol. The molecule has 2 aromatic heterocycles. The summed E-state index contributed by atoms with van der Waals surface area (Å²) in [7, 11) is 0. The number of rotatable bonds is 4. The van der Waals surface area contributed by atoms with Gasteiger partial charge in [-0.05, 0) is 50.3 Å². The van der Waals surface area contributed by atoms with Gasteiger partial charge in [0, 0.05) is 31.4 Å². The first kappa shape index (κ1) is 17.5. The third-order valence-electron chi connectivity index (χ3n) is 5.50. The molecule has 0 unspecified atom stereocenters. The zero-order valence-corrected chi connectivity index (χ0v) is 15.7. The maximum Gasteiger partial charge on any atom is 0.241 e. The molecule has 2 fully saturated rings. The molecular weight excluding hydrogens is 326 g/mol. The quantitative estimate of drug-likeness (QED) is 0.833. The van der Waals surface area contributed by atoms with E-state index in [1.807, 2.05) is 6.20 Å². The SMILES string of the molecule is C[C@@H]1CCCN(Cc2nc(-c3ccc(N4CCCCCC4)nc3)no2)C1. The Kier molecular flexibility index (Phi) is 5.48. The van der Waals surface area contributed by atoms with E-state index in [0.717, 1.165) is 50.0 Å². The Balaban J connectivity index is 1.40. The summed E-state index contributed by atoms with van der Waals surface area (Å²) >= 11 is 0. The summed E-state index contributed by atoms with van der Waals surface area (Å²) in [5.41, 5.74) is 0.922. The molecule has 2 saturated heterocycles. The highest BCUT2D eigenvalue weighted by Crippen LogP contribution is 2.22. The minimum Gasteiger partial charge on any atom is -0.357 e. The summed E-state index contributed by atoms with van der Waals surface area (Å²) in [6.07, 6.45) is 9.62. The van der Waals surface area contributed by atoms with Crippen LogP contribution in [-0.2, 0) is 6.54 Å². The first-order valence-corrected chi connectivity index (χ1v) is 10.0. The molecular formula is C20H29N5O. The fraction of sp³-hybridized carbons (Fsp3) is 0.650. The first-order valence-electron chi connectivity index (χ1n) is 10.0. The average Bonchev–Trinajstić information content (AvgIpc) is 2.95. The lowest BCUT2D eigenvalue weighted by molar-refractivity contribution is 0.157. The van der Waals surface area contributed by atoms with Crippen molar-refractivity contribution >= 4 is 5.82 Å². The Hall–Kier alpha value is -1.95. The molecule has 0 N–H and O–H groups in total. The molecule has 2 aliphatic rings. The lowest BCUT2D eigenvalue weighted by Gasteiger charge is -2.29. The van der Waals surface area contributed by atoms with Gasteiger partial charge >= 0.3 is 0 Å². The van der Waals surface area contributed by atoms with Gasteiger partial charge in [0.15, 0.2) is 0 Å². The summed E-state index contributed by atoms with van der Waals surface area (Å²) in [6, 6.07) is 4.15. The molecule has 140 valence electrons. The second-order valence-electron chi connectivity index (χ2n) is 7.80. The molecule has 1 atom stereocenters. The van der Waals surface area contributed by atoms with Gasteiger partial charge in [0.25, 0.3) is 0 Å². The molecule has 0 aromatic carbocycles. The molecule has 0 aliphatic carbocycles. The molecule has 6 heteroatoms. The van der Waals surface area contributed by atoms with Gasteiger partial charge in [-0.15, -0.1) is 0 Å². The highest BCUT2D eigenvalue weighted by Gasteiger charge is 2.19. The number of nitrogens with zero attached hydrogens (tertiary/aromatic N) is 5. The highest BCUT2D eigenvalue weighted by atomic mass is 16.5. The van der Waals surface area contributed by atoms with E-state index in [-0.39, 0.29) is 0 Å². The minimum absolute atomic E-state index is 0.639.